The zero-order valence-corrected chi connectivity index (χ0v) is 19.3. The number of hydrogen-bond acceptors (Lipinski definition) is 6. The van der Waals surface area contributed by atoms with Crippen molar-refractivity contribution in [1.82, 2.24) is 24.5 Å². The monoisotopic (exact) mass is 453 g/mol. The van der Waals surface area contributed by atoms with Crippen LogP contribution >= 0.6 is 11.3 Å². The van der Waals surface area contributed by atoms with Gasteiger partial charge in [-0.1, -0.05) is 32.0 Å². The second kappa shape index (κ2) is 9.52. The van der Waals surface area contributed by atoms with Gasteiger partial charge in [0.05, 0.1) is 12.6 Å². The highest BCUT2D eigenvalue weighted by Gasteiger charge is 2.18. The predicted molar refractivity (Wildman–Crippen MR) is 125 cm³/mol. The fourth-order valence-corrected chi connectivity index (χ4v) is 4.63. The Kier molecular flexibility index (Phi) is 6.55. The van der Waals surface area contributed by atoms with Crippen molar-refractivity contribution in [3.8, 4) is 5.75 Å². The highest BCUT2D eigenvalue weighted by Crippen LogP contribution is 2.21. The van der Waals surface area contributed by atoms with Crippen LogP contribution in [0.2, 0.25) is 0 Å². The van der Waals surface area contributed by atoms with Crippen molar-refractivity contribution < 1.29 is 9.53 Å². The maximum Gasteiger partial charge on any atom is 0.272 e. The molecule has 0 saturated heterocycles. The summed E-state index contributed by atoms with van der Waals surface area (Å²) in [4.78, 5) is 25.3. The van der Waals surface area contributed by atoms with E-state index in [1.54, 1.807) is 11.7 Å². The number of amides is 1. The molecule has 4 rings (SSSR count). The Morgan fingerprint density at radius 1 is 1.22 bits per heavy atom. The standard InChI is InChI=1S/C23H27N5O3S/c1-15(2)14-27-22(30)21-17(11-12-32-21)28-19(25-26-23(27)28)9-6-10-20(29)24-13-16-7-4-5-8-18(16)31-3/h4-5,7-8,11-12,15H,6,9-10,13-14H2,1-3H3,(H,24,29). The van der Waals surface area contributed by atoms with Crippen molar-refractivity contribution in [3.05, 3.63) is 57.5 Å². The Hall–Kier alpha value is -3.20. The van der Waals surface area contributed by atoms with Crippen LogP contribution in [0.1, 0.15) is 38.1 Å². The van der Waals surface area contributed by atoms with Gasteiger partial charge in [-0.2, -0.15) is 0 Å². The molecule has 8 nitrogen and oxygen atoms in total. The van der Waals surface area contributed by atoms with Crippen LogP contribution in [-0.2, 0) is 24.3 Å². The van der Waals surface area contributed by atoms with Crippen LogP contribution < -0.4 is 15.6 Å². The number of fused-ring (bicyclic) bond motifs is 3. The molecule has 0 atom stereocenters. The van der Waals surface area contributed by atoms with Gasteiger partial charge in [0.25, 0.3) is 5.56 Å². The zero-order chi connectivity index (χ0) is 22.7. The van der Waals surface area contributed by atoms with Gasteiger partial charge in [-0.25, -0.2) is 0 Å². The highest BCUT2D eigenvalue weighted by atomic mass is 32.1. The quantitative estimate of drug-likeness (QED) is 0.419. The number of carbonyl (C=O) groups excluding carboxylic acids is 1. The van der Waals surface area contributed by atoms with Crippen molar-refractivity contribution in [2.45, 2.75) is 46.2 Å². The van der Waals surface area contributed by atoms with Crippen molar-refractivity contribution in [2.75, 3.05) is 7.11 Å². The molecule has 0 saturated carbocycles. The van der Waals surface area contributed by atoms with Crippen LogP contribution in [0.4, 0.5) is 0 Å². The maximum absolute atomic E-state index is 12.9. The minimum absolute atomic E-state index is 0.0223. The lowest BCUT2D eigenvalue weighted by Gasteiger charge is -2.11. The van der Waals surface area contributed by atoms with Crippen LogP contribution in [-0.4, -0.2) is 32.2 Å². The number of ether oxygens (including phenoxy) is 1. The number of benzene rings is 1. The van der Waals surface area contributed by atoms with E-state index in [0.29, 0.717) is 48.7 Å². The Morgan fingerprint density at radius 3 is 2.81 bits per heavy atom. The molecule has 168 valence electrons. The molecular weight excluding hydrogens is 426 g/mol. The summed E-state index contributed by atoms with van der Waals surface area (Å²) >= 11 is 1.43. The number of aromatic nitrogens is 4. The molecule has 0 spiro atoms. The number of para-hydroxylation sites is 1. The van der Waals surface area contributed by atoms with Gasteiger partial charge in [-0.05, 0) is 29.9 Å². The van der Waals surface area contributed by atoms with E-state index in [9.17, 15) is 9.59 Å². The molecule has 0 fully saturated rings. The van der Waals surface area contributed by atoms with Gasteiger partial charge in [0, 0.05) is 31.5 Å². The molecular formula is C23H27N5O3S. The Balaban J connectivity index is 1.46. The fraction of sp³-hybridized carbons (Fsp3) is 0.391. The number of nitrogens with zero attached hydrogens (tertiary/aromatic N) is 4. The number of thiophene rings is 1. The Bertz CT molecular complexity index is 1300. The first-order chi connectivity index (χ1) is 15.5. The largest absolute Gasteiger partial charge is 0.496 e. The number of rotatable bonds is 9. The van der Waals surface area contributed by atoms with Gasteiger partial charge in [-0.15, -0.1) is 21.5 Å². The predicted octanol–water partition coefficient (Wildman–Crippen LogP) is 3.41. The van der Waals surface area contributed by atoms with Crippen molar-refractivity contribution in [3.63, 3.8) is 0 Å². The third kappa shape index (κ3) is 4.38. The van der Waals surface area contributed by atoms with E-state index in [2.05, 4.69) is 29.4 Å². The lowest BCUT2D eigenvalue weighted by molar-refractivity contribution is -0.121. The number of methoxy groups -OCH3 is 1. The number of nitrogens with one attached hydrogen (secondary N) is 1. The third-order valence-electron chi connectivity index (χ3n) is 5.30. The van der Waals surface area contributed by atoms with Crippen molar-refractivity contribution in [1.29, 1.82) is 0 Å². The van der Waals surface area contributed by atoms with Gasteiger partial charge < -0.3 is 10.1 Å². The van der Waals surface area contributed by atoms with Crippen molar-refractivity contribution >= 4 is 33.2 Å². The van der Waals surface area contributed by atoms with Gasteiger partial charge in [0.2, 0.25) is 11.7 Å². The van der Waals surface area contributed by atoms with Crippen molar-refractivity contribution in [2.24, 2.45) is 5.92 Å². The van der Waals surface area contributed by atoms with E-state index in [1.165, 1.54) is 11.3 Å². The first kappa shape index (κ1) is 22.0. The molecule has 1 aromatic carbocycles. The molecule has 1 amide bonds. The molecule has 0 aliphatic heterocycles. The molecule has 0 aliphatic carbocycles. The number of hydrogen-bond donors (Lipinski definition) is 1. The molecule has 0 unspecified atom stereocenters. The summed E-state index contributed by atoms with van der Waals surface area (Å²) in [5.74, 6) is 2.36. The van der Waals surface area contributed by atoms with E-state index in [-0.39, 0.29) is 11.5 Å². The fourth-order valence-electron chi connectivity index (χ4n) is 3.81. The molecule has 0 radical (unpaired) electrons. The zero-order valence-electron chi connectivity index (χ0n) is 18.5. The average Bonchev–Trinajstić information content (AvgIpc) is 3.42. The lowest BCUT2D eigenvalue weighted by atomic mass is 10.2. The summed E-state index contributed by atoms with van der Waals surface area (Å²) in [6.07, 6.45) is 1.60. The molecule has 9 heteroatoms. The summed E-state index contributed by atoms with van der Waals surface area (Å²) in [6.45, 7) is 5.15. The smallest absolute Gasteiger partial charge is 0.272 e. The normalized spacial score (nSPS) is 11.5. The molecule has 3 heterocycles. The van der Waals surface area contributed by atoms with Gasteiger partial charge in [-0.3, -0.25) is 18.6 Å². The van der Waals surface area contributed by atoms with Gasteiger partial charge in [0.15, 0.2) is 0 Å². The lowest BCUT2D eigenvalue weighted by Crippen LogP contribution is -2.25. The summed E-state index contributed by atoms with van der Waals surface area (Å²) in [6, 6.07) is 9.57. The number of carbonyl (C=O) groups is 1. The van der Waals surface area contributed by atoms with Crippen LogP contribution in [0, 0.1) is 5.92 Å². The summed E-state index contributed by atoms with van der Waals surface area (Å²) in [5.41, 5.74) is 1.75. The second-order valence-corrected chi connectivity index (χ2v) is 9.05. The van der Waals surface area contributed by atoms with E-state index in [1.807, 2.05) is 40.1 Å². The van der Waals surface area contributed by atoms with Crippen LogP contribution in [0.5, 0.6) is 5.75 Å². The van der Waals surface area contributed by atoms with Crippen LogP contribution in [0.15, 0.2) is 40.5 Å². The summed E-state index contributed by atoms with van der Waals surface area (Å²) < 4.78 is 9.70. The Morgan fingerprint density at radius 2 is 2.03 bits per heavy atom. The first-order valence-electron chi connectivity index (χ1n) is 10.7. The molecule has 4 aromatic rings. The molecule has 0 bridgehead atoms. The van der Waals surface area contributed by atoms with E-state index in [0.717, 1.165) is 22.7 Å². The summed E-state index contributed by atoms with van der Waals surface area (Å²) in [5, 5.41) is 13.5. The third-order valence-corrected chi connectivity index (χ3v) is 6.19. The molecule has 32 heavy (non-hydrogen) atoms. The minimum Gasteiger partial charge on any atom is -0.496 e. The van der Waals surface area contributed by atoms with Gasteiger partial charge in [0.1, 0.15) is 16.3 Å². The molecule has 1 N–H and O–H groups in total. The van der Waals surface area contributed by atoms with Gasteiger partial charge >= 0.3 is 0 Å². The van der Waals surface area contributed by atoms with Crippen LogP contribution in [0.25, 0.3) is 16.0 Å². The van der Waals surface area contributed by atoms with Crippen LogP contribution in [0.3, 0.4) is 0 Å². The molecule has 3 aromatic heterocycles. The van der Waals surface area contributed by atoms with E-state index < -0.39 is 0 Å². The second-order valence-electron chi connectivity index (χ2n) is 8.14. The Labute approximate surface area is 189 Å². The number of aryl methyl sites for hydroxylation is 1. The minimum atomic E-state index is -0.0258. The highest BCUT2D eigenvalue weighted by molar-refractivity contribution is 7.17. The maximum atomic E-state index is 12.9. The SMILES string of the molecule is COc1ccccc1CNC(=O)CCCc1nnc2n(CC(C)C)c(=O)c3sccc3n12. The average molecular weight is 454 g/mol. The summed E-state index contributed by atoms with van der Waals surface area (Å²) in [7, 11) is 1.62. The van der Waals surface area contributed by atoms with E-state index >= 15 is 0 Å². The first-order valence-corrected chi connectivity index (χ1v) is 11.6. The molecule has 0 aliphatic rings. The topological polar surface area (TPSA) is 90.5 Å². The van der Waals surface area contributed by atoms with E-state index in [4.69, 9.17) is 4.74 Å².